The van der Waals surface area contributed by atoms with Crippen LogP contribution in [-0.4, -0.2) is 20.1 Å². The Balaban J connectivity index is 2.03. The molecule has 0 bridgehead atoms. The van der Waals surface area contributed by atoms with Gasteiger partial charge in [-0.2, -0.15) is 0 Å². The lowest BCUT2D eigenvalue weighted by molar-refractivity contribution is 0.0473. The number of nitrogens with two attached hydrogens (primary N) is 1. The Bertz CT molecular complexity index is 639. The third-order valence-corrected chi connectivity index (χ3v) is 3.75. The molecule has 0 amide bonds. The van der Waals surface area contributed by atoms with Crippen LogP contribution in [0.5, 0.6) is 0 Å². The smallest absolute Gasteiger partial charge is 0.338 e. The van der Waals surface area contributed by atoms with Crippen molar-refractivity contribution in [3.05, 3.63) is 57.2 Å². The predicted molar refractivity (Wildman–Crippen MR) is 93.5 cm³/mol. The van der Waals surface area contributed by atoms with E-state index < -0.39 is 0 Å². The van der Waals surface area contributed by atoms with E-state index in [4.69, 9.17) is 10.5 Å². The Hall–Kier alpha value is -1.76. The third-order valence-electron chi connectivity index (χ3n) is 3.03. The quantitative estimate of drug-likeness (QED) is 0.490. The monoisotopic (exact) mass is 396 g/mol. The van der Waals surface area contributed by atoms with Gasteiger partial charge in [-0.05, 0) is 58.5 Å². The van der Waals surface area contributed by atoms with Gasteiger partial charge in [-0.15, -0.1) is 0 Å². The molecule has 2 aromatic carbocycles. The van der Waals surface area contributed by atoms with Gasteiger partial charge in [0.05, 0.1) is 16.9 Å². The summed E-state index contributed by atoms with van der Waals surface area (Å²) in [6.07, 6.45) is 0. The number of halogens is 1. The van der Waals surface area contributed by atoms with Crippen LogP contribution in [-0.2, 0) is 11.3 Å². The highest BCUT2D eigenvalue weighted by Crippen LogP contribution is 2.22. The second-order valence-corrected chi connectivity index (χ2v) is 6.12. The summed E-state index contributed by atoms with van der Waals surface area (Å²) in [5.74, 6) is -0.370. The molecule has 0 fully saturated rings. The molecule has 0 unspecified atom stereocenters. The van der Waals surface area contributed by atoms with Crippen molar-refractivity contribution >= 4 is 39.9 Å². The number of nitrogen functional groups attached to an aromatic ring is 1. The maximum absolute atomic E-state index is 12.0. The number of ether oxygens (including phenoxy) is 1. The Labute approximate surface area is 138 Å². The van der Waals surface area contributed by atoms with Gasteiger partial charge in [-0.25, -0.2) is 4.79 Å². The number of esters is 1. The molecule has 0 radical (unpaired) electrons. The zero-order valence-electron chi connectivity index (χ0n) is 12.0. The van der Waals surface area contributed by atoms with Crippen LogP contribution >= 0.6 is 22.6 Å². The average Bonchev–Trinajstić information content (AvgIpc) is 2.45. The van der Waals surface area contributed by atoms with Crippen molar-refractivity contribution in [2.75, 3.05) is 24.7 Å². The first-order valence-corrected chi connectivity index (χ1v) is 7.53. The van der Waals surface area contributed by atoms with Gasteiger partial charge in [-0.3, -0.25) is 0 Å². The first-order valence-electron chi connectivity index (χ1n) is 6.46. The molecule has 0 saturated heterocycles. The summed E-state index contributed by atoms with van der Waals surface area (Å²) in [7, 11) is 3.81. The molecule has 2 rings (SSSR count). The van der Waals surface area contributed by atoms with Crippen molar-refractivity contribution in [1.29, 1.82) is 0 Å². The van der Waals surface area contributed by atoms with Crippen LogP contribution in [0.15, 0.2) is 42.5 Å². The molecule has 0 aliphatic rings. The van der Waals surface area contributed by atoms with Gasteiger partial charge < -0.3 is 15.4 Å². The molecule has 110 valence electrons. The van der Waals surface area contributed by atoms with E-state index in [1.54, 1.807) is 12.1 Å². The maximum atomic E-state index is 12.0. The largest absolute Gasteiger partial charge is 0.457 e. The zero-order valence-corrected chi connectivity index (χ0v) is 14.1. The van der Waals surface area contributed by atoms with Gasteiger partial charge in [-0.1, -0.05) is 12.1 Å². The molecule has 0 aliphatic heterocycles. The lowest BCUT2D eigenvalue weighted by Crippen LogP contribution is -2.12. The van der Waals surface area contributed by atoms with E-state index >= 15 is 0 Å². The van der Waals surface area contributed by atoms with Crippen LogP contribution < -0.4 is 10.6 Å². The molecule has 0 saturated carbocycles. The molecular formula is C16H17IN2O2. The average molecular weight is 396 g/mol. The second kappa shape index (κ2) is 6.80. The highest BCUT2D eigenvalue weighted by molar-refractivity contribution is 14.1. The van der Waals surface area contributed by atoms with Crippen LogP contribution in [0, 0.1) is 3.57 Å². The maximum Gasteiger partial charge on any atom is 0.338 e. The van der Waals surface area contributed by atoms with Gasteiger partial charge in [0.2, 0.25) is 0 Å². The minimum atomic E-state index is -0.370. The van der Waals surface area contributed by atoms with Crippen molar-refractivity contribution in [1.82, 2.24) is 0 Å². The first kappa shape index (κ1) is 15.6. The number of nitrogens with zero attached hydrogens (tertiary/aromatic N) is 1. The molecule has 0 aromatic heterocycles. The van der Waals surface area contributed by atoms with Crippen LogP contribution in [0.25, 0.3) is 0 Å². The van der Waals surface area contributed by atoms with Gasteiger partial charge in [0.1, 0.15) is 6.61 Å². The Morgan fingerprint density at radius 2 is 1.86 bits per heavy atom. The third kappa shape index (κ3) is 4.10. The summed E-state index contributed by atoms with van der Waals surface area (Å²) in [4.78, 5) is 13.9. The van der Waals surface area contributed by atoms with E-state index in [9.17, 15) is 4.79 Å². The van der Waals surface area contributed by atoms with Gasteiger partial charge >= 0.3 is 5.97 Å². The number of hydrogen-bond acceptors (Lipinski definition) is 4. The van der Waals surface area contributed by atoms with Gasteiger partial charge in [0.25, 0.3) is 0 Å². The summed E-state index contributed by atoms with van der Waals surface area (Å²) >= 11 is 2.23. The van der Waals surface area contributed by atoms with E-state index in [0.29, 0.717) is 11.3 Å². The Morgan fingerprint density at radius 3 is 2.43 bits per heavy atom. The number of hydrogen-bond donors (Lipinski definition) is 1. The number of rotatable bonds is 4. The minimum absolute atomic E-state index is 0.255. The topological polar surface area (TPSA) is 55.6 Å². The van der Waals surface area contributed by atoms with Gasteiger partial charge in [0.15, 0.2) is 0 Å². The standard InChI is InChI=1S/C16H17IN2O2/c1-19(2)15-8-5-12(9-14(15)18)16(20)21-10-11-3-6-13(17)7-4-11/h3-9H,10,18H2,1-2H3. The van der Waals surface area contributed by atoms with E-state index in [2.05, 4.69) is 22.6 Å². The molecule has 21 heavy (non-hydrogen) atoms. The molecule has 0 atom stereocenters. The summed E-state index contributed by atoms with van der Waals surface area (Å²) in [5.41, 5.74) is 8.79. The summed E-state index contributed by atoms with van der Waals surface area (Å²) in [6.45, 7) is 0.255. The van der Waals surface area contributed by atoms with E-state index in [1.165, 1.54) is 0 Å². The normalized spacial score (nSPS) is 10.2. The molecule has 0 spiro atoms. The highest BCUT2D eigenvalue weighted by Gasteiger charge is 2.10. The Kier molecular flexibility index (Phi) is 5.06. The number of carbonyl (C=O) groups excluding carboxylic acids is 1. The fourth-order valence-electron chi connectivity index (χ4n) is 1.90. The summed E-state index contributed by atoms with van der Waals surface area (Å²) in [5, 5.41) is 0. The molecule has 0 heterocycles. The van der Waals surface area contributed by atoms with Crippen LogP contribution in [0.3, 0.4) is 0 Å². The van der Waals surface area contributed by atoms with Gasteiger partial charge in [0, 0.05) is 17.7 Å². The highest BCUT2D eigenvalue weighted by atomic mass is 127. The SMILES string of the molecule is CN(C)c1ccc(C(=O)OCc2ccc(I)cc2)cc1N. The van der Waals surface area contributed by atoms with Crippen molar-refractivity contribution in [2.45, 2.75) is 6.61 Å². The number of benzene rings is 2. The fourth-order valence-corrected chi connectivity index (χ4v) is 2.26. The molecule has 2 N–H and O–H groups in total. The zero-order chi connectivity index (χ0) is 15.4. The minimum Gasteiger partial charge on any atom is -0.457 e. The fraction of sp³-hybridized carbons (Fsp3) is 0.188. The lowest BCUT2D eigenvalue weighted by atomic mass is 10.1. The second-order valence-electron chi connectivity index (χ2n) is 4.87. The molecular weight excluding hydrogens is 379 g/mol. The number of carbonyl (C=O) groups is 1. The van der Waals surface area contributed by atoms with Crippen molar-refractivity contribution in [2.24, 2.45) is 0 Å². The summed E-state index contributed by atoms with van der Waals surface area (Å²) < 4.78 is 6.45. The predicted octanol–water partition coefficient (Wildman–Crippen LogP) is 3.30. The van der Waals surface area contributed by atoms with Crippen molar-refractivity contribution in [3.63, 3.8) is 0 Å². The molecule has 4 nitrogen and oxygen atoms in total. The molecule has 2 aromatic rings. The van der Waals surface area contributed by atoms with Crippen LogP contribution in [0.1, 0.15) is 15.9 Å². The summed E-state index contributed by atoms with van der Waals surface area (Å²) in [6, 6.07) is 13.0. The molecule has 5 heteroatoms. The van der Waals surface area contributed by atoms with Crippen LogP contribution in [0.2, 0.25) is 0 Å². The lowest BCUT2D eigenvalue weighted by Gasteiger charge is -2.15. The Morgan fingerprint density at radius 1 is 1.19 bits per heavy atom. The number of anilines is 2. The first-order chi connectivity index (χ1) is 9.97. The van der Waals surface area contributed by atoms with E-state index in [0.717, 1.165) is 14.8 Å². The molecule has 0 aliphatic carbocycles. The van der Waals surface area contributed by atoms with Crippen molar-refractivity contribution in [3.8, 4) is 0 Å². The van der Waals surface area contributed by atoms with Crippen LogP contribution in [0.4, 0.5) is 11.4 Å². The van der Waals surface area contributed by atoms with E-state index in [1.807, 2.05) is 49.3 Å². The van der Waals surface area contributed by atoms with E-state index in [-0.39, 0.29) is 12.6 Å². The van der Waals surface area contributed by atoms with Crippen molar-refractivity contribution < 1.29 is 9.53 Å².